The Balaban J connectivity index is 4.37. The van der Waals surface area contributed by atoms with Crippen LogP contribution in [0.2, 0.25) is 0 Å². The second-order valence-corrected chi connectivity index (χ2v) is 16.3. The van der Waals surface area contributed by atoms with Crippen LogP contribution in [0.25, 0.3) is 0 Å². The molecule has 318 valence electrons. The number of nitrogens with zero attached hydrogens (tertiary/aromatic N) is 1. The maximum absolute atomic E-state index is 12.7. The van der Waals surface area contributed by atoms with Crippen molar-refractivity contribution in [1.29, 1.82) is 0 Å². The molecule has 0 aliphatic heterocycles. The first-order valence-electron chi connectivity index (χ1n) is 22.3. The first-order valence-corrected chi connectivity index (χ1v) is 22.3. The van der Waals surface area contributed by atoms with Gasteiger partial charge in [0.25, 0.3) is 0 Å². The van der Waals surface area contributed by atoms with Gasteiger partial charge in [0.2, 0.25) is 0 Å². The van der Waals surface area contributed by atoms with Gasteiger partial charge in [-0.05, 0) is 38.5 Å². The van der Waals surface area contributed by atoms with Crippen molar-refractivity contribution < 1.29 is 42.9 Å². The van der Waals surface area contributed by atoms with E-state index >= 15 is 0 Å². The maximum atomic E-state index is 12.7. The molecule has 0 fully saturated rings. The van der Waals surface area contributed by atoms with E-state index in [2.05, 4.69) is 26.0 Å². The van der Waals surface area contributed by atoms with E-state index in [1.165, 1.54) is 128 Å². The summed E-state index contributed by atoms with van der Waals surface area (Å²) >= 11 is 0. The van der Waals surface area contributed by atoms with Gasteiger partial charge in [0.15, 0.2) is 12.4 Å². The highest BCUT2D eigenvalue weighted by atomic mass is 16.7. The van der Waals surface area contributed by atoms with Crippen LogP contribution in [0.15, 0.2) is 12.2 Å². The van der Waals surface area contributed by atoms with E-state index in [4.69, 9.17) is 18.9 Å². The van der Waals surface area contributed by atoms with Crippen LogP contribution < -0.4 is 5.11 Å². The Morgan fingerprint density at radius 2 is 0.944 bits per heavy atom. The fraction of sp³-hybridized carbons (Fsp3) is 0.889. The van der Waals surface area contributed by atoms with E-state index in [-0.39, 0.29) is 32.2 Å². The molecule has 0 saturated carbocycles. The molecule has 0 aliphatic carbocycles. The molecule has 0 spiro atoms. The third kappa shape index (κ3) is 38.3. The normalized spacial score (nSPS) is 13.0. The van der Waals surface area contributed by atoms with E-state index in [9.17, 15) is 19.5 Å². The molecule has 0 amide bonds. The lowest BCUT2D eigenvalue weighted by atomic mass is 10.1. The number of allylic oxidation sites excluding steroid dienone is 2. The topological polar surface area (TPSA) is 111 Å². The summed E-state index contributed by atoms with van der Waals surface area (Å²) < 4.78 is 22.5. The molecule has 0 N–H and O–H groups in total. The molecule has 2 atom stereocenters. The highest BCUT2D eigenvalue weighted by Crippen LogP contribution is 2.15. The number of rotatable bonds is 41. The number of aliphatic carboxylic acids is 1. The SMILES string of the molecule is CCCCCCCC/C=C\CCCCCCCCCCCC(=O)OC(COC(=O)CCCCCCCCCCCC)COC(OCC[N+](C)(C)C)C(=O)[O-]. The molecule has 9 nitrogen and oxygen atoms in total. The van der Waals surface area contributed by atoms with Crippen LogP contribution >= 0.6 is 0 Å². The standard InChI is InChI=1S/C45H85NO8/c1-6-8-10-12-14-16-18-19-20-21-22-23-24-25-26-28-30-32-34-36-43(48)54-41(40-53-45(44(49)50)51-38-37-46(3,4)5)39-52-42(47)35-33-31-29-27-17-15-13-11-9-7-2/h19-20,41,45H,6-18,21-40H2,1-5H3/b20-19-. The molecule has 9 heteroatoms. The van der Waals surface area contributed by atoms with Gasteiger partial charge in [-0.1, -0.05) is 161 Å². The second-order valence-electron chi connectivity index (χ2n) is 16.3. The lowest BCUT2D eigenvalue weighted by Crippen LogP contribution is -2.44. The van der Waals surface area contributed by atoms with E-state index in [0.29, 0.717) is 23.9 Å². The largest absolute Gasteiger partial charge is 0.545 e. The summed E-state index contributed by atoms with van der Waals surface area (Å²) in [6, 6.07) is 0. The van der Waals surface area contributed by atoms with Crippen molar-refractivity contribution in [3.63, 3.8) is 0 Å². The highest BCUT2D eigenvalue weighted by Gasteiger charge is 2.21. The van der Waals surface area contributed by atoms with Crippen LogP contribution in [-0.4, -0.2) is 82.3 Å². The zero-order valence-corrected chi connectivity index (χ0v) is 35.9. The van der Waals surface area contributed by atoms with Crippen molar-refractivity contribution in [2.75, 3.05) is 47.5 Å². The zero-order valence-electron chi connectivity index (χ0n) is 35.9. The summed E-state index contributed by atoms with van der Waals surface area (Å²) in [6.45, 7) is 4.73. The number of carboxylic acid groups (broad SMARTS) is 1. The number of carboxylic acids is 1. The molecule has 0 bridgehead atoms. The van der Waals surface area contributed by atoms with Crippen molar-refractivity contribution >= 4 is 17.9 Å². The Hall–Kier alpha value is -1.97. The number of esters is 2. The number of likely N-dealkylation sites (N-methyl/N-ethyl adjacent to an activating group) is 1. The van der Waals surface area contributed by atoms with Crippen molar-refractivity contribution in [2.24, 2.45) is 0 Å². The van der Waals surface area contributed by atoms with Crippen molar-refractivity contribution in [2.45, 2.75) is 212 Å². The van der Waals surface area contributed by atoms with Crippen LogP contribution in [-0.2, 0) is 33.3 Å². The summed E-state index contributed by atoms with van der Waals surface area (Å²) in [5.41, 5.74) is 0. The summed E-state index contributed by atoms with van der Waals surface area (Å²) in [7, 11) is 5.91. The molecular formula is C45H85NO8. The van der Waals surface area contributed by atoms with Gasteiger partial charge in [-0.15, -0.1) is 0 Å². The minimum Gasteiger partial charge on any atom is -0.545 e. The molecule has 54 heavy (non-hydrogen) atoms. The zero-order chi connectivity index (χ0) is 40.0. The van der Waals surface area contributed by atoms with E-state index in [1.807, 2.05) is 21.1 Å². The Morgan fingerprint density at radius 3 is 1.37 bits per heavy atom. The smallest absolute Gasteiger partial charge is 0.306 e. The van der Waals surface area contributed by atoms with Gasteiger partial charge in [-0.2, -0.15) is 0 Å². The quantitative estimate of drug-likeness (QED) is 0.0199. The molecule has 0 aliphatic rings. The molecule has 2 unspecified atom stereocenters. The van der Waals surface area contributed by atoms with E-state index < -0.39 is 24.3 Å². The minimum absolute atomic E-state index is 0.150. The maximum Gasteiger partial charge on any atom is 0.306 e. The molecule has 0 aromatic rings. The van der Waals surface area contributed by atoms with Gasteiger partial charge in [0.05, 0.1) is 40.3 Å². The Morgan fingerprint density at radius 1 is 0.537 bits per heavy atom. The average Bonchev–Trinajstić information content (AvgIpc) is 3.12. The molecule has 0 aromatic carbocycles. The Labute approximate surface area is 332 Å². The first kappa shape index (κ1) is 52.0. The van der Waals surface area contributed by atoms with Crippen LogP contribution in [0.5, 0.6) is 0 Å². The number of carbonyl (C=O) groups is 3. The van der Waals surface area contributed by atoms with Crippen LogP contribution in [0, 0.1) is 0 Å². The predicted molar refractivity (Wildman–Crippen MR) is 219 cm³/mol. The van der Waals surface area contributed by atoms with Gasteiger partial charge < -0.3 is 33.3 Å². The number of hydrogen-bond acceptors (Lipinski definition) is 8. The minimum atomic E-state index is -1.61. The fourth-order valence-corrected chi connectivity index (χ4v) is 6.24. The molecule has 0 heterocycles. The lowest BCUT2D eigenvalue weighted by molar-refractivity contribution is -0.870. The van der Waals surface area contributed by atoms with E-state index in [1.54, 1.807) is 0 Å². The second kappa shape index (κ2) is 37.9. The van der Waals surface area contributed by atoms with Crippen molar-refractivity contribution in [1.82, 2.24) is 0 Å². The lowest BCUT2D eigenvalue weighted by Gasteiger charge is -2.26. The third-order valence-corrected chi connectivity index (χ3v) is 9.76. The molecular weight excluding hydrogens is 682 g/mol. The van der Waals surface area contributed by atoms with Gasteiger partial charge in [-0.25, -0.2) is 0 Å². The van der Waals surface area contributed by atoms with Crippen LogP contribution in [0.3, 0.4) is 0 Å². The number of ether oxygens (including phenoxy) is 4. The molecule has 0 rings (SSSR count). The summed E-state index contributed by atoms with van der Waals surface area (Å²) in [4.78, 5) is 36.9. The average molecular weight is 768 g/mol. The van der Waals surface area contributed by atoms with Gasteiger partial charge in [0, 0.05) is 12.8 Å². The molecule has 0 radical (unpaired) electrons. The van der Waals surface area contributed by atoms with Crippen molar-refractivity contribution in [3.05, 3.63) is 12.2 Å². The summed E-state index contributed by atoms with van der Waals surface area (Å²) in [5, 5.41) is 11.7. The van der Waals surface area contributed by atoms with E-state index in [0.717, 1.165) is 38.5 Å². The number of quaternary nitrogens is 1. The van der Waals surface area contributed by atoms with Gasteiger partial charge in [-0.3, -0.25) is 9.59 Å². The summed E-state index contributed by atoms with van der Waals surface area (Å²) in [6.07, 6.45) is 35.3. The summed E-state index contributed by atoms with van der Waals surface area (Å²) in [5.74, 6) is -2.28. The monoisotopic (exact) mass is 768 g/mol. The van der Waals surface area contributed by atoms with Gasteiger partial charge in [0.1, 0.15) is 13.2 Å². The van der Waals surface area contributed by atoms with Gasteiger partial charge >= 0.3 is 11.9 Å². The highest BCUT2D eigenvalue weighted by molar-refractivity contribution is 5.70. The number of carbonyl (C=O) groups excluding carboxylic acids is 3. The van der Waals surface area contributed by atoms with Crippen LogP contribution in [0.1, 0.15) is 200 Å². The molecule has 0 saturated heterocycles. The van der Waals surface area contributed by atoms with Crippen molar-refractivity contribution in [3.8, 4) is 0 Å². The fourth-order valence-electron chi connectivity index (χ4n) is 6.24. The molecule has 0 aromatic heterocycles. The number of hydrogen-bond donors (Lipinski definition) is 0. The number of unbranched alkanes of at least 4 members (excludes halogenated alkanes) is 24. The predicted octanol–water partition coefficient (Wildman–Crippen LogP) is 10.2. The first-order chi connectivity index (χ1) is 26.1. The third-order valence-electron chi connectivity index (χ3n) is 9.76. The Bertz CT molecular complexity index is 903. The Kier molecular flexibility index (Phi) is 36.5. The van der Waals surface area contributed by atoms with Crippen LogP contribution in [0.4, 0.5) is 0 Å².